The van der Waals surface area contributed by atoms with E-state index >= 15 is 0 Å². The van der Waals surface area contributed by atoms with E-state index in [1.807, 2.05) is 0 Å². The molecule has 25 heavy (non-hydrogen) atoms. The van der Waals surface area contributed by atoms with Crippen LogP contribution in [0.2, 0.25) is 32.2 Å². The standard InChI is InChI=1S/C19H43NO3Si2/c1-7-9-13-22-17-18-16-20(12-10-15-25(5,6)23-18)19(24(3)4)11-14-21-8-2/h18-19,24H,7-17H2,1-6H3. The van der Waals surface area contributed by atoms with Crippen LogP contribution in [0.1, 0.15) is 39.5 Å². The van der Waals surface area contributed by atoms with Gasteiger partial charge in [0.1, 0.15) is 0 Å². The third-order valence-electron chi connectivity index (χ3n) is 5.09. The molecule has 0 aliphatic carbocycles. The minimum absolute atomic E-state index is 0.237. The molecule has 1 saturated heterocycles. The van der Waals surface area contributed by atoms with Crippen LogP contribution in [0.4, 0.5) is 0 Å². The molecule has 0 N–H and O–H groups in total. The normalized spacial score (nSPS) is 23.4. The number of ether oxygens (including phenoxy) is 2. The number of hydrogen-bond donors (Lipinski definition) is 0. The van der Waals surface area contributed by atoms with Crippen molar-refractivity contribution in [3.05, 3.63) is 0 Å². The van der Waals surface area contributed by atoms with Gasteiger partial charge in [0.25, 0.3) is 0 Å². The van der Waals surface area contributed by atoms with E-state index in [2.05, 4.69) is 44.9 Å². The highest BCUT2D eigenvalue weighted by molar-refractivity contribution is 6.71. The molecule has 0 saturated carbocycles. The molecular formula is C19H43NO3Si2. The summed E-state index contributed by atoms with van der Waals surface area (Å²) in [5, 5.41) is 0. The van der Waals surface area contributed by atoms with E-state index in [1.54, 1.807) is 0 Å². The smallest absolute Gasteiger partial charge is 0.187 e. The Bertz CT molecular complexity index is 343. The predicted molar refractivity (Wildman–Crippen MR) is 113 cm³/mol. The van der Waals surface area contributed by atoms with E-state index in [9.17, 15) is 0 Å². The highest BCUT2D eigenvalue weighted by Gasteiger charge is 2.33. The first-order valence-corrected chi connectivity index (χ1v) is 16.6. The van der Waals surface area contributed by atoms with Crippen LogP contribution in [-0.4, -0.2) is 73.3 Å². The van der Waals surface area contributed by atoms with Crippen molar-refractivity contribution in [3.8, 4) is 0 Å². The Hall–Kier alpha value is 0.274. The van der Waals surface area contributed by atoms with E-state index in [0.29, 0.717) is 5.67 Å². The number of unbranched alkanes of at least 4 members (excludes halogenated alkanes) is 1. The first kappa shape index (κ1) is 23.3. The molecule has 0 aromatic carbocycles. The lowest BCUT2D eigenvalue weighted by Gasteiger charge is -2.41. The quantitative estimate of drug-likeness (QED) is 0.396. The second-order valence-electron chi connectivity index (χ2n) is 8.32. The SMILES string of the molecule is CCCCOCC1CN(C(CCOCC)[SiH](C)C)CCC[Si](C)(C)O1. The highest BCUT2D eigenvalue weighted by atomic mass is 28.4. The van der Waals surface area contributed by atoms with Crippen molar-refractivity contribution in [3.63, 3.8) is 0 Å². The topological polar surface area (TPSA) is 30.9 Å². The average Bonchev–Trinajstić information content (AvgIpc) is 2.52. The van der Waals surface area contributed by atoms with E-state index in [-0.39, 0.29) is 6.10 Å². The van der Waals surface area contributed by atoms with Crippen LogP contribution < -0.4 is 0 Å². The van der Waals surface area contributed by atoms with Crippen molar-refractivity contribution in [2.24, 2.45) is 0 Å². The van der Waals surface area contributed by atoms with Gasteiger partial charge in [-0.25, -0.2) is 0 Å². The van der Waals surface area contributed by atoms with E-state index in [1.165, 1.54) is 31.9 Å². The lowest BCUT2D eigenvalue weighted by molar-refractivity contribution is 0.0145. The maximum Gasteiger partial charge on any atom is 0.187 e. The van der Waals surface area contributed by atoms with Crippen LogP contribution in [0.25, 0.3) is 0 Å². The summed E-state index contributed by atoms with van der Waals surface area (Å²) in [6.07, 6.45) is 5.02. The van der Waals surface area contributed by atoms with E-state index in [4.69, 9.17) is 13.9 Å². The summed E-state index contributed by atoms with van der Waals surface area (Å²) in [5.74, 6) is 0. The molecule has 0 amide bonds. The van der Waals surface area contributed by atoms with Crippen LogP contribution >= 0.6 is 0 Å². The van der Waals surface area contributed by atoms with Gasteiger partial charge >= 0.3 is 0 Å². The van der Waals surface area contributed by atoms with Crippen LogP contribution in [0.15, 0.2) is 0 Å². The van der Waals surface area contributed by atoms with Crippen molar-refractivity contribution >= 4 is 17.1 Å². The molecule has 0 radical (unpaired) electrons. The zero-order valence-corrected chi connectivity index (χ0v) is 19.8. The lowest BCUT2D eigenvalue weighted by Crippen LogP contribution is -2.53. The Morgan fingerprint density at radius 2 is 1.96 bits per heavy atom. The van der Waals surface area contributed by atoms with Crippen molar-refractivity contribution < 1.29 is 13.9 Å². The van der Waals surface area contributed by atoms with Gasteiger partial charge in [-0.05, 0) is 51.9 Å². The molecule has 0 aromatic rings. The first-order chi connectivity index (χ1) is 11.9. The third-order valence-corrected chi connectivity index (χ3v) is 9.92. The summed E-state index contributed by atoms with van der Waals surface area (Å²) < 4.78 is 18.2. The fraction of sp³-hybridized carbons (Fsp3) is 1.00. The maximum atomic E-state index is 6.60. The van der Waals surface area contributed by atoms with Gasteiger partial charge in [-0.2, -0.15) is 0 Å². The second kappa shape index (κ2) is 12.6. The van der Waals surface area contributed by atoms with Crippen molar-refractivity contribution in [2.45, 2.75) is 83.5 Å². The fourth-order valence-electron chi connectivity index (χ4n) is 3.74. The Balaban J connectivity index is 2.69. The molecule has 2 unspecified atom stereocenters. The highest BCUT2D eigenvalue weighted by Crippen LogP contribution is 2.23. The zero-order valence-electron chi connectivity index (χ0n) is 17.7. The summed E-state index contributed by atoms with van der Waals surface area (Å²) in [6, 6.07) is 1.26. The molecule has 1 heterocycles. The van der Waals surface area contributed by atoms with E-state index in [0.717, 1.165) is 39.4 Å². The summed E-state index contributed by atoms with van der Waals surface area (Å²) in [5.41, 5.74) is 0.705. The van der Waals surface area contributed by atoms with Gasteiger partial charge in [-0.1, -0.05) is 26.4 Å². The van der Waals surface area contributed by atoms with Crippen molar-refractivity contribution in [1.29, 1.82) is 0 Å². The fourth-order valence-corrected chi connectivity index (χ4v) is 7.83. The van der Waals surface area contributed by atoms with Gasteiger partial charge in [0.05, 0.1) is 21.5 Å². The number of nitrogens with zero attached hydrogens (tertiary/aromatic N) is 1. The molecule has 150 valence electrons. The molecule has 0 aromatic heterocycles. The first-order valence-electron chi connectivity index (χ1n) is 10.5. The molecular weight excluding hydrogens is 346 g/mol. The summed E-state index contributed by atoms with van der Waals surface area (Å²) >= 11 is 0. The lowest BCUT2D eigenvalue weighted by atomic mass is 10.2. The Labute approximate surface area is 159 Å². The minimum Gasteiger partial charge on any atom is -0.411 e. The maximum absolute atomic E-state index is 6.60. The number of hydrogen-bond acceptors (Lipinski definition) is 4. The van der Waals surface area contributed by atoms with Crippen LogP contribution in [0.5, 0.6) is 0 Å². The minimum atomic E-state index is -1.55. The molecule has 1 fully saturated rings. The van der Waals surface area contributed by atoms with E-state index < -0.39 is 17.1 Å². The van der Waals surface area contributed by atoms with Gasteiger partial charge in [0.2, 0.25) is 0 Å². The molecule has 0 spiro atoms. The summed E-state index contributed by atoms with van der Waals surface area (Å²) in [6.45, 7) is 19.6. The van der Waals surface area contributed by atoms with Gasteiger partial charge in [0, 0.05) is 32.0 Å². The molecule has 1 rings (SSSR count). The molecule has 2 atom stereocenters. The Kier molecular flexibility index (Phi) is 11.8. The van der Waals surface area contributed by atoms with Gasteiger partial charge in [0.15, 0.2) is 8.32 Å². The Morgan fingerprint density at radius 1 is 1.20 bits per heavy atom. The van der Waals surface area contributed by atoms with Gasteiger partial charge in [-0.15, -0.1) is 0 Å². The molecule has 1 aliphatic rings. The third kappa shape index (κ3) is 9.68. The number of rotatable bonds is 11. The summed E-state index contributed by atoms with van der Waals surface area (Å²) in [4.78, 5) is 2.72. The Morgan fingerprint density at radius 3 is 2.60 bits per heavy atom. The molecule has 1 aliphatic heterocycles. The van der Waals surface area contributed by atoms with Crippen LogP contribution in [0, 0.1) is 0 Å². The van der Waals surface area contributed by atoms with Crippen LogP contribution in [-0.2, 0) is 13.9 Å². The average molecular weight is 390 g/mol. The second-order valence-corrected chi connectivity index (χ2v) is 15.8. The van der Waals surface area contributed by atoms with Crippen molar-refractivity contribution in [1.82, 2.24) is 4.90 Å². The van der Waals surface area contributed by atoms with Gasteiger partial charge < -0.3 is 18.8 Å². The predicted octanol–water partition coefficient (Wildman–Crippen LogP) is 3.92. The molecule has 4 nitrogen and oxygen atoms in total. The molecule has 6 heteroatoms. The largest absolute Gasteiger partial charge is 0.411 e. The summed E-state index contributed by atoms with van der Waals surface area (Å²) in [7, 11) is -2.32. The zero-order chi connectivity index (χ0) is 18.7. The molecule has 0 bridgehead atoms. The van der Waals surface area contributed by atoms with Gasteiger partial charge in [-0.3, -0.25) is 0 Å². The monoisotopic (exact) mass is 389 g/mol. The van der Waals surface area contributed by atoms with Crippen LogP contribution in [0.3, 0.4) is 0 Å². The van der Waals surface area contributed by atoms with Crippen molar-refractivity contribution in [2.75, 3.05) is 39.5 Å².